The van der Waals surface area contributed by atoms with Crippen molar-refractivity contribution in [3.63, 3.8) is 0 Å². The first-order valence-electron chi connectivity index (χ1n) is 48.3. The number of phenolic OH excluding ortho intramolecular Hbond substituents is 1. The molecular formula is C97H133N21O25S. The molecule has 46 nitrogen and oxygen atoms in total. The summed E-state index contributed by atoms with van der Waals surface area (Å²) >= 11 is 0.654. The topological polar surface area (TPSA) is 690 Å². The third-order valence-corrected chi connectivity index (χ3v) is 26.8. The fourth-order valence-corrected chi connectivity index (χ4v) is 19.1. The molecule has 2 aromatic heterocycles. The summed E-state index contributed by atoms with van der Waals surface area (Å²) in [6.07, 6.45) is 3.92. The van der Waals surface area contributed by atoms with E-state index >= 15 is 43.2 Å². The van der Waals surface area contributed by atoms with Crippen molar-refractivity contribution in [3.05, 3.63) is 102 Å². The van der Waals surface area contributed by atoms with Gasteiger partial charge in [0.15, 0.2) is 0 Å². The Morgan fingerprint density at radius 3 is 1.75 bits per heavy atom. The van der Waals surface area contributed by atoms with E-state index in [1.807, 2.05) is 0 Å². The summed E-state index contributed by atoms with van der Waals surface area (Å²) in [5.41, 5.74) is 20.4. The molecule has 4 fully saturated rings. The van der Waals surface area contributed by atoms with Crippen molar-refractivity contribution >= 4 is 152 Å². The third-order valence-electron chi connectivity index (χ3n) is 25.7. The average Bonchev–Trinajstić information content (AvgIpc) is 1.87. The first-order valence-corrected chi connectivity index (χ1v) is 49.4. The summed E-state index contributed by atoms with van der Waals surface area (Å²) in [6.45, 7) is 3.80. The highest BCUT2D eigenvalue weighted by Crippen LogP contribution is 2.30. The molecule has 0 aliphatic carbocycles. The minimum Gasteiger partial charge on any atom is -0.508 e. The van der Waals surface area contributed by atoms with Crippen LogP contribution in [0.15, 0.2) is 85.2 Å². The molecule has 782 valence electrons. The molecule has 5 aromatic rings. The largest absolute Gasteiger partial charge is 0.508 e. The highest BCUT2D eigenvalue weighted by molar-refractivity contribution is 8.00. The van der Waals surface area contributed by atoms with E-state index < -0.39 is 291 Å². The molecule has 23 N–H and O–H groups in total. The Labute approximate surface area is 835 Å². The lowest BCUT2D eigenvalue weighted by atomic mass is 9.97. The van der Waals surface area contributed by atoms with Gasteiger partial charge >= 0.3 is 17.9 Å². The van der Waals surface area contributed by atoms with Crippen molar-refractivity contribution in [3.8, 4) is 18.1 Å². The zero-order chi connectivity index (χ0) is 105. The number of nitrogens with zero attached hydrogens (tertiary/aromatic N) is 6. The maximum atomic E-state index is 16.0. The number of carbonyl (C=O) groups excluding carboxylic acids is 17. The molecule has 47 heteroatoms. The molecule has 1 unspecified atom stereocenters. The molecule has 3 aromatic carbocycles. The van der Waals surface area contributed by atoms with Gasteiger partial charge in [0, 0.05) is 119 Å². The SMILES string of the molecule is C#CCC(NC(=O)CNC(=O)[C@@H]1CSCC(=O)N[C@@H](Cc2ccc(O)cc2)C(=O)N2CCCC[C@H]2C(=O)N[C@@H](CC(N)=O)C(=O)N2CCC[C@H]2C(=O)N[C@@H](CN)C(=O)N[C@@H](CC(C)C)C(=O)N2C[C@H](O)C[C@H]2C(=O)N[C@@H](Cc2c[nH]c3ccccc23)C(=O)N[C@@H](CCN)C(=O)N[C@@H](Cc2cn(CC(=O)O)c3ccccc23)C(=O)N(C)[C@@H](CCCC)C(=O)N(C)[C@@H](CCCC)C(=O)N[C@@H](CCC(=O)O)C(=O)N1)C(=O)O. The van der Waals surface area contributed by atoms with Gasteiger partial charge in [0.05, 0.1) is 24.8 Å². The number of likely N-dealkylation sites (N-methyl/N-ethyl adjacent to an activating group) is 2. The number of terminal acetylenes is 1. The molecule has 4 aliphatic rings. The molecule has 6 heterocycles. The maximum absolute atomic E-state index is 16.0. The van der Waals surface area contributed by atoms with Crippen LogP contribution < -0.4 is 75.7 Å². The van der Waals surface area contributed by atoms with E-state index in [4.69, 9.17) is 23.6 Å². The molecule has 0 radical (unpaired) electrons. The van der Waals surface area contributed by atoms with E-state index in [-0.39, 0.29) is 102 Å². The number of thioether (sulfide) groups is 1. The quantitative estimate of drug-likeness (QED) is 0.0207. The van der Waals surface area contributed by atoms with Crippen LogP contribution in [0.4, 0.5) is 0 Å². The van der Waals surface area contributed by atoms with Crippen molar-refractivity contribution in [1.82, 2.24) is 92.5 Å². The van der Waals surface area contributed by atoms with Crippen LogP contribution in [0.2, 0.25) is 0 Å². The number of hydrogen-bond acceptors (Lipinski definition) is 25. The van der Waals surface area contributed by atoms with E-state index in [0.717, 1.165) is 24.5 Å². The third kappa shape index (κ3) is 31.4. The highest BCUT2D eigenvalue weighted by Gasteiger charge is 2.48. The Hall–Kier alpha value is -14.3. The van der Waals surface area contributed by atoms with E-state index in [1.165, 1.54) is 49.1 Å². The number of benzene rings is 3. The summed E-state index contributed by atoms with van der Waals surface area (Å²) in [5, 5.41) is 81.1. The van der Waals surface area contributed by atoms with Gasteiger partial charge in [-0.1, -0.05) is 102 Å². The number of aromatic hydroxyl groups is 1. The number of aliphatic hydroxyl groups excluding tert-OH is 1. The summed E-state index contributed by atoms with van der Waals surface area (Å²) in [4.78, 5) is 299. The second kappa shape index (κ2) is 54.3. The van der Waals surface area contributed by atoms with Crippen molar-refractivity contribution in [2.75, 3.05) is 64.9 Å². The first-order chi connectivity index (χ1) is 68.6. The van der Waals surface area contributed by atoms with Crippen molar-refractivity contribution in [2.24, 2.45) is 23.1 Å². The first kappa shape index (κ1) is 113. The average molecular weight is 2030 g/mol. The van der Waals surface area contributed by atoms with Gasteiger partial charge in [-0.05, 0) is 118 Å². The number of hydrogen-bond donors (Lipinski definition) is 20. The second-order valence-corrected chi connectivity index (χ2v) is 38.0. The Morgan fingerprint density at radius 2 is 1.11 bits per heavy atom. The number of unbranched alkanes of at least 4 members (excludes halogenated alkanes) is 2. The number of phenols is 1. The van der Waals surface area contributed by atoms with Crippen LogP contribution in [0.3, 0.4) is 0 Å². The number of H-pyrrole nitrogens is 1. The number of piperidine rings is 1. The second-order valence-electron chi connectivity index (χ2n) is 36.9. The van der Waals surface area contributed by atoms with Gasteiger partial charge < -0.3 is 135 Å². The van der Waals surface area contributed by atoms with Crippen molar-refractivity contribution in [2.45, 2.75) is 266 Å². The lowest BCUT2D eigenvalue weighted by molar-refractivity contribution is -0.149. The van der Waals surface area contributed by atoms with Gasteiger partial charge in [0.25, 0.3) is 0 Å². The number of carboxylic acids is 3. The Morgan fingerprint density at radius 1 is 0.562 bits per heavy atom. The highest BCUT2D eigenvalue weighted by atomic mass is 32.2. The molecule has 0 bridgehead atoms. The molecule has 9 rings (SSSR count). The van der Waals surface area contributed by atoms with E-state index in [1.54, 1.807) is 82.4 Å². The Balaban J connectivity index is 1.13. The van der Waals surface area contributed by atoms with Gasteiger partial charge in [-0.3, -0.25) is 91.1 Å². The Kier molecular flexibility index (Phi) is 42.7. The van der Waals surface area contributed by atoms with Gasteiger partial charge in [-0.25, -0.2) is 4.79 Å². The van der Waals surface area contributed by atoms with E-state index in [9.17, 15) is 78.3 Å². The fourth-order valence-electron chi connectivity index (χ4n) is 18.2. The number of carboxylic acid groups (broad SMARTS) is 3. The molecule has 17 amide bonds. The summed E-state index contributed by atoms with van der Waals surface area (Å²) in [5.74, 6) is -21.1. The number of rotatable bonds is 30. The van der Waals surface area contributed by atoms with E-state index in [0.29, 0.717) is 75.9 Å². The number of aliphatic hydroxyl groups is 1. The molecular weight excluding hydrogens is 1890 g/mol. The lowest BCUT2D eigenvalue weighted by Gasteiger charge is -2.38. The van der Waals surface area contributed by atoms with Crippen LogP contribution in [0.25, 0.3) is 21.8 Å². The molecule has 4 aliphatic heterocycles. The number of aromatic amines is 1. The van der Waals surface area contributed by atoms with Crippen LogP contribution in [-0.4, -0.2) is 340 Å². The zero-order valence-electron chi connectivity index (χ0n) is 81.4. The summed E-state index contributed by atoms with van der Waals surface area (Å²) < 4.78 is 1.40. The van der Waals surface area contributed by atoms with Crippen LogP contribution in [0.1, 0.15) is 160 Å². The smallest absolute Gasteiger partial charge is 0.327 e. The van der Waals surface area contributed by atoms with Crippen LogP contribution in [0, 0.1) is 18.3 Å². The number of aromatic nitrogens is 2. The number of carbonyl (C=O) groups is 20. The Bertz CT molecular complexity index is 5530. The number of amides is 17. The maximum Gasteiger partial charge on any atom is 0.327 e. The van der Waals surface area contributed by atoms with Crippen molar-refractivity contribution in [1.29, 1.82) is 0 Å². The van der Waals surface area contributed by atoms with Gasteiger partial charge in [-0.2, -0.15) is 0 Å². The molecule has 144 heavy (non-hydrogen) atoms. The normalized spacial score (nSPS) is 24.5. The lowest BCUT2D eigenvalue weighted by Crippen LogP contribution is -2.62. The number of nitrogens with one attached hydrogen (secondary N) is 12. The predicted octanol–water partition coefficient (Wildman–Crippen LogP) is -2.78. The summed E-state index contributed by atoms with van der Waals surface area (Å²) in [7, 11) is 2.52. The molecule has 4 saturated heterocycles. The van der Waals surface area contributed by atoms with Gasteiger partial charge in [0.2, 0.25) is 100 Å². The molecule has 0 spiro atoms. The van der Waals surface area contributed by atoms with Crippen LogP contribution >= 0.6 is 11.8 Å². The molecule has 0 saturated carbocycles. The van der Waals surface area contributed by atoms with E-state index in [2.05, 4.69) is 69.4 Å². The number of aliphatic carboxylic acids is 3. The van der Waals surface area contributed by atoms with Crippen molar-refractivity contribution < 1.29 is 121 Å². The van der Waals surface area contributed by atoms with Gasteiger partial charge in [0.1, 0.15) is 103 Å². The fraction of sp³-hybridized carbons (Fsp3) is 0.546. The number of para-hydroxylation sites is 2. The van der Waals surface area contributed by atoms with Gasteiger partial charge in [-0.15, -0.1) is 24.1 Å². The zero-order valence-corrected chi connectivity index (χ0v) is 82.2. The molecule has 16 atom stereocenters. The minimum atomic E-state index is -1.90. The minimum absolute atomic E-state index is 0.0398. The number of fused-ring (bicyclic) bond motifs is 5. The predicted molar refractivity (Wildman–Crippen MR) is 523 cm³/mol. The van der Waals surface area contributed by atoms with Crippen LogP contribution in [0.5, 0.6) is 5.75 Å². The standard InChI is InChI=1S/C97H133N21O25S/c1-8-11-24-73-88(133)106-62(33-34-81(124)125)84(129)112-71(83(128)102-47-79(122)103-64(20-10-3)97(142)143)51-144-52-80(123)104-67(40-54-29-31-57(119)32-30-54)93(138)116-37-18-17-27-74(116)89(134)110-69(44-78(100)121)94(139)117-38-19-28-75(117)90(135)111-70(45-99)87(132)108-66(39-53(4)5)95(140)118-49-58(120)43-77(118)91(136)107-65(41-55-46-101-61-23-15-13-21-59(55)61)86(131)105-63(35-36-98)85(130)109-68(92(137)114(7)76(25-12-9-2)96(141)113(73)6)42-56-48-115(50-82(126)127)72-26-16-14-22-60(56)72/h3,13-16,21-23,26,29-32,46,48,53,58,62-71,73-77,101,119-120H,8-9,11-12,17-20,24-25,27-28,33-45,47,49-52,98-99H2,1-2,4-7H3,(H2,100,121)(H,102,128)(H,103,122)(H,104,123)(H,105,131)(H,106,133)(H,107,136)(H,108,132)(H,109,130)(H,110,134)(H,111,135)(H,112,129)(H,124,125)(H,126,127)(H,142,143)/t58-,62+,63+,64?,65+,66+,67+,68+,69+,70+,71+,73+,74+,75+,76+,77+/m1/s1. The van der Waals surface area contributed by atoms with Crippen LogP contribution in [-0.2, 0) is 122 Å². The summed E-state index contributed by atoms with van der Waals surface area (Å²) in [6, 6.07) is -5.38. The monoisotopic (exact) mass is 2020 g/mol. The number of nitrogens with two attached hydrogens (primary N) is 3. The number of primary amides is 1.